The Hall–Kier alpha value is -0.380. The van der Waals surface area contributed by atoms with E-state index in [1.54, 1.807) is 0 Å². The Labute approximate surface area is 122 Å². The molecular formula is C16H28N2S. The Morgan fingerprint density at radius 3 is 2.89 bits per heavy atom. The number of nitrogens with one attached hydrogen (secondary N) is 1. The monoisotopic (exact) mass is 280 g/mol. The van der Waals surface area contributed by atoms with Crippen LogP contribution in [0.4, 0.5) is 0 Å². The van der Waals surface area contributed by atoms with Crippen molar-refractivity contribution in [3.8, 4) is 0 Å². The standard InChI is InChI=1S/C16H28N2S/c1-13-7-4-5-9-16(13)18(3)14(2)11-17-12-15-8-6-10-19-15/h6,8,10,13-14,16-17H,4-5,7,9,11-12H2,1-3H3. The predicted octanol–water partition coefficient (Wildman–Crippen LogP) is 3.74. The SMILES string of the molecule is CC1CCCCC1N(C)C(C)CNCc1cccs1. The molecule has 1 aromatic heterocycles. The molecule has 1 saturated carbocycles. The maximum absolute atomic E-state index is 3.59. The van der Waals surface area contributed by atoms with E-state index >= 15 is 0 Å². The average Bonchev–Trinajstić information content (AvgIpc) is 2.91. The summed E-state index contributed by atoms with van der Waals surface area (Å²) in [6.45, 7) is 6.86. The molecule has 2 nitrogen and oxygen atoms in total. The van der Waals surface area contributed by atoms with Crippen LogP contribution in [0, 0.1) is 5.92 Å². The van der Waals surface area contributed by atoms with Crippen LogP contribution in [0.25, 0.3) is 0 Å². The van der Waals surface area contributed by atoms with Gasteiger partial charge in [0, 0.05) is 30.1 Å². The second-order valence-electron chi connectivity index (χ2n) is 6.05. The van der Waals surface area contributed by atoms with Gasteiger partial charge in [-0.05, 0) is 44.2 Å². The van der Waals surface area contributed by atoms with Gasteiger partial charge in [0.15, 0.2) is 0 Å². The molecule has 0 bridgehead atoms. The van der Waals surface area contributed by atoms with Crippen LogP contribution in [-0.2, 0) is 6.54 Å². The molecule has 108 valence electrons. The van der Waals surface area contributed by atoms with Gasteiger partial charge in [0.1, 0.15) is 0 Å². The molecule has 3 heteroatoms. The van der Waals surface area contributed by atoms with Gasteiger partial charge in [-0.2, -0.15) is 0 Å². The Kier molecular flexibility index (Phi) is 5.86. The summed E-state index contributed by atoms with van der Waals surface area (Å²) in [7, 11) is 2.31. The molecule has 1 aliphatic rings. The number of nitrogens with zero attached hydrogens (tertiary/aromatic N) is 1. The number of likely N-dealkylation sites (N-methyl/N-ethyl adjacent to an activating group) is 1. The molecular weight excluding hydrogens is 252 g/mol. The summed E-state index contributed by atoms with van der Waals surface area (Å²) in [4.78, 5) is 4.03. The zero-order chi connectivity index (χ0) is 13.7. The van der Waals surface area contributed by atoms with Crippen molar-refractivity contribution in [2.75, 3.05) is 13.6 Å². The van der Waals surface area contributed by atoms with E-state index in [9.17, 15) is 0 Å². The van der Waals surface area contributed by atoms with Crippen molar-refractivity contribution in [3.05, 3.63) is 22.4 Å². The van der Waals surface area contributed by atoms with E-state index < -0.39 is 0 Å². The lowest BCUT2D eigenvalue weighted by molar-refractivity contribution is 0.103. The molecule has 1 heterocycles. The second kappa shape index (κ2) is 7.41. The molecule has 1 fully saturated rings. The third kappa shape index (κ3) is 4.30. The summed E-state index contributed by atoms with van der Waals surface area (Å²) in [5.74, 6) is 0.860. The molecule has 19 heavy (non-hydrogen) atoms. The minimum Gasteiger partial charge on any atom is -0.310 e. The van der Waals surface area contributed by atoms with Crippen LogP contribution in [0.1, 0.15) is 44.4 Å². The third-order valence-electron chi connectivity index (χ3n) is 4.60. The van der Waals surface area contributed by atoms with E-state index in [1.807, 2.05) is 11.3 Å². The van der Waals surface area contributed by atoms with Crippen LogP contribution >= 0.6 is 11.3 Å². The topological polar surface area (TPSA) is 15.3 Å². The van der Waals surface area contributed by atoms with Gasteiger partial charge in [-0.15, -0.1) is 11.3 Å². The van der Waals surface area contributed by atoms with Crippen LogP contribution < -0.4 is 5.32 Å². The first kappa shape index (κ1) is 15.0. The highest BCUT2D eigenvalue weighted by atomic mass is 32.1. The molecule has 0 saturated heterocycles. The lowest BCUT2D eigenvalue weighted by Crippen LogP contribution is -2.47. The zero-order valence-electron chi connectivity index (χ0n) is 12.6. The first-order valence-corrected chi connectivity index (χ1v) is 8.51. The van der Waals surface area contributed by atoms with Crippen molar-refractivity contribution < 1.29 is 0 Å². The molecule has 3 atom stereocenters. The van der Waals surface area contributed by atoms with Crippen molar-refractivity contribution in [1.29, 1.82) is 0 Å². The Morgan fingerprint density at radius 2 is 2.21 bits per heavy atom. The summed E-state index contributed by atoms with van der Waals surface area (Å²) in [5.41, 5.74) is 0. The number of thiophene rings is 1. The van der Waals surface area contributed by atoms with Crippen LogP contribution in [0.15, 0.2) is 17.5 Å². The second-order valence-corrected chi connectivity index (χ2v) is 7.09. The van der Waals surface area contributed by atoms with Crippen LogP contribution in [0.5, 0.6) is 0 Å². The smallest absolute Gasteiger partial charge is 0.0300 e. The van der Waals surface area contributed by atoms with Gasteiger partial charge in [-0.1, -0.05) is 25.8 Å². The number of hydrogen-bond acceptors (Lipinski definition) is 3. The van der Waals surface area contributed by atoms with E-state index in [0.717, 1.165) is 25.0 Å². The number of rotatable bonds is 6. The van der Waals surface area contributed by atoms with Gasteiger partial charge >= 0.3 is 0 Å². The van der Waals surface area contributed by atoms with Crippen molar-refractivity contribution in [1.82, 2.24) is 10.2 Å². The fourth-order valence-corrected chi connectivity index (χ4v) is 3.86. The molecule has 0 amide bonds. The minimum absolute atomic E-state index is 0.616. The van der Waals surface area contributed by atoms with Crippen LogP contribution in [-0.4, -0.2) is 30.6 Å². The van der Waals surface area contributed by atoms with E-state index in [-0.39, 0.29) is 0 Å². The molecule has 0 spiro atoms. The maximum Gasteiger partial charge on any atom is 0.0300 e. The zero-order valence-corrected chi connectivity index (χ0v) is 13.4. The highest BCUT2D eigenvalue weighted by Crippen LogP contribution is 2.28. The van der Waals surface area contributed by atoms with E-state index in [4.69, 9.17) is 0 Å². The summed E-state index contributed by atoms with van der Waals surface area (Å²) >= 11 is 1.84. The quantitative estimate of drug-likeness (QED) is 0.854. The van der Waals surface area contributed by atoms with E-state index in [0.29, 0.717) is 6.04 Å². The van der Waals surface area contributed by atoms with Crippen molar-refractivity contribution in [3.63, 3.8) is 0 Å². The van der Waals surface area contributed by atoms with Gasteiger partial charge < -0.3 is 5.32 Å². The Morgan fingerprint density at radius 1 is 1.42 bits per heavy atom. The van der Waals surface area contributed by atoms with Gasteiger partial charge in [-0.25, -0.2) is 0 Å². The molecule has 1 aromatic rings. The lowest BCUT2D eigenvalue weighted by atomic mass is 9.84. The molecule has 3 unspecified atom stereocenters. The molecule has 2 rings (SSSR count). The third-order valence-corrected chi connectivity index (χ3v) is 5.48. The normalized spacial score (nSPS) is 25.7. The van der Waals surface area contributed by atoms with Crippen molar-refractivity contribution >= 4 is 11.3 Å². The first-order chi connectivity index (χ1) is 9.18. The maximum atomic E-state index is 3.59. The van der Waals surface area contributed by atoms with E-state index in [2.05, 4.69) is 48.6 Å². The fraction of sp³-hybridized carbons (Fsp3) is 0.750. The molecule has 0 radical (unpaired) electrons. The highest BCUT2D eigenvalue weighted by molar-refractivity contribution is 7.09. The van der Waals surface area contributed by atoms with Gasteiger partial charge in [-0.3, -0.25) is 4.90 Å². The molecule has 0 aromatic carbocycles. The molecule has 0 aliphatic heterocycles. The predicted molar refractivity (Wildman–Crippen MR) is 84.7 cm³/mol. The first-order valence-electron chi connectivity index (χ1n) is 7.63. The summed E-state index contributed by atoms with van der Waals surface area (Å²) in [6, 6.07) is 5.73. The summed E-state index contributed by atoms with van der Waals surface area (Å²) in [5, 5.41) is 5.74. The van der Waals surface area contributed by atoms with Crippen LogP contribution in [0.3, 0.4) is 0 Å². The molecule has 1 aliphatic carbocycles. The van der Waals surface area contributed by atoms with Crippen molar-refractivity contribution in [2.24, 2.45) is 5.92 Å². The average molecular weight is 280 g/mol. The highest BCUT2D eigenvalue weighted by Gasteiger charge is 2.27. The van der Waals surface area contributed by atoms with Crippen LogP contribution in [0.2, 0.25) is 0 Å². The summed E-state index contributed by atoms with van der Waals surface area (Å²) < 4.78 is 0. The lowest BCUT2D eigenvalue weighted by Gasteiger charge is -2.39. The minimum atomic E-state index is 0.616. The largest absolute Gasteiger partial charge is 0.310 e. The fourth-order valence-electron chi connectivity index (χ4n) is 3.19. The van der Waals surface area contributed by atoms with Gasteiger partial charge in [0.2, 0.25) is 0 Å². The Balaban J connectivity index is 1.73. The van der Waals surface area contributed by atoms with Crippen molar-refractivity contribution in [2.45, 2.75) is 58.2 Å². The van der Waals surface area contributed by atoms with Gasteiger partial charge in [0.25, 0.3) is 0 Å². The summed E-state index contributed by atoms with van der Waals surface area (Å²) in [6.07, 6.45) is 5.63. The number of hydrogen-bond donors (Lipinski definition) is 1. The van der Waals surface area contributed by atoms with E-state index in [1.165, 1.54) is 30.6 Å². The molecule has 1 N–H and O–H groups in total. The Bertz CT molecular complexity index is 350. The van der Waals surface area contributed by atoms with Gasteiger partial charge in [0.05, 0.1) is 0 Å².